The molecule has 2 aromatic rings. The minimum absolute atomic E-state index is 0.0459. The van der Waals surface area contributed by atoms with Gasteiger partial charge in [-0.1, -0.05) is 37.2 Å². The standard InChI is InChI=1S/C14H18N4O3S/c1-3-4-8-17-13(19)15-16-14(17)22-10(2)11-6-5-7-12(9-11)18(20)21/h5-7,9-10H,3-4,8H2,1-2H3,(H,15,19)/t10-/m1/s1. The van der Waals surface area contributed by atoms with Crippen LogP contribution in [-0.4, -0.2) is 19.7 Å². The molecule has 1 aromatic carbocycles. The Bertz CT molecular complexity index is 710. The van der Waals surface area contributed by atoms with Crippen molar-refractivity contribution >= 4 is 17.4 Å². The normalized spacial score (nSPS) is 12.3. The highest BCUT2D eigenvalue weighted by Gasteiger charge is 2.16. The summed E-state index contributed by atoms with van der Waals surface area (Å²) in [5.41, 5.74) is 0.675. The zero-order valence-corrected chi connectivity index (χ0v) is 13.3. The van der Waals surface area contributed by atoms with E-state index in [1.807, 2.05) is 13.0 Å². The molecule has 7 nitrogen and oxygen atoms in total. The van der Waals surface area contributed by atoms with Crippen molar-refractivity contribution in [3.05, 3.63) is 50.4 Å². The lowest BCUT2D eigenvalue weighted by molar-refractivity contribution is -0.384. The van der Waals surface area contributed by atoms with Crippen LogP contribution in [-0.2, 0) is 6.54 Å². The molecule has 0 saturated heterocycles. The number of H-pyrrole nitrogens is 1. The van der Waals surface area contributed by atoms with Gasteiger partial charge in [-0.3, -0.25) is 14.7 Å². The van der Waals surface area contributed by atoms with E-state index in [0.717, 1.165) is 18.4 Å². The molecule has 0 radical (unpaired) electrons. The Morgan fingerprint density at radius 2 is 2.27 bits per heavy atom. The first-order valence-electron chi connectivity index (χ1n) is 7.09. The second-order valence-electron chi connectivity index (χ2n) is 4.93. The third-order valence-corrected chi connectivity index (χ3v) is 4.44. The van der Waals surface area contributed by atoms with Crippen LogP contribution in [0.25, 0.3) is 0 Å². The molecule has 0 amide bonds. The van der Waals surface area contributed by atoms with E-state index in [4.69, 9.17) is 0 Å². The largest absolute Gasteiger partial charge is 0.343 e. The topological polar surface area (TPSA) is 93.8 Å². The van der Waals surface area contributed by atoms with Crippen LogP contribution < -0.4 is 5.69 Å². The summed E-state index contributed by atoms with van der Waals surface area (Å²) in [4.78, 5) is 22.2. The first kappa shape index (κ1) is 16.3. The smallest absolute Gasteiger partial charge is 0.270 e. The number of benzene rings is 1. The fraction of sp³-hybridized carbons (Fsp3) is 0.429. The van der Waals surface area contributed by atoms with Gasteiger partial charge in [0.25, 0.3) is 5.69 Å². The van der Waals surface area contributed by atoms with Crippen molar-refractivity contribution in [1.29, 1.82) is 0 Å². The third kappa shape index (κ3) is 3.76. The number of hydrogen-bond acceptors (Lipinski definition) is 5. The van der Waals surface area contributed by atoms with Gasteiger partial charge in [0.15, 0.2) is 5.16 Å². The summed E-state index contributed by atoms with van der Waals surface area (Å²) in [7, 11) is 0. The summed E-state index contributed by atoms with van der Waals surface area (Å²) in [5, 5.41) is 17.9. The SMILES string of the molecule is CCCCn1c(S[C@H](C)c2cccc([N+](=O)[O-])c2)n[nH]c1=O. The van der Waals surface area contributed by atoms with E-state index in [1.165, 1.54) is 17.8 Å². The van der Waals surface area contributed by atoms with Crippen molar-refractivity contribution in [3.63, 3.8) is 0 Å². The molecular weight excluding hydrogens is 304 g/mol. The molecule has 0 aliphatic heterocycles. The van der Waals surface area contributed by atoms with Gasteiger partial charge >= 0.3 is 5.69 Å². The van der Waals surface area contributed by atoms with Gasteiger partial charge in [0.1, 0.15) is 0 Å². The number of unbranched alkanes of at least 4 members (excludes halogenated alkanes) is 1. The number of nitro benzene ring substituents is 1. The minimum atomic E-state index is -0.410. The van der Waals surface area contributed by atoms with Crippen LogP contribution in [0.4, 0.5) is 5.69 Å². The van der Waals surface area contributed by atoms with E-state index in [-0.39, 0.29) is 16.6 Å². The van der Waals surface area contributed by atoms with E-state index in [1.54, 1.807) is 16.7 Å². The minimum Gasteiger partial charge on any atom is -0.270 e. The van der Waals surface area contributed by atoms with Gasteiger partial charge in [0.2, 0.25) is 0 Å². The van der Waals surface area contributed by atoms with Gasteiger partial charge < -0.3 is 0 Å². The summed E-state index contributed by atoms with van der Waals surface area (Å²) in [6.45, 7) is 4.62. The molecule has 0 saturated carbocycles. The van der Waals surface area contributed by atoms with Gasteiger partial charge in [-0.2, -0.15) is 0 Å². The Morgan fingerprint density at radius 3 is 2.95 bits per heavy atom. The number of non-ortho nitro benzene ring substituents is 1. The first-order chi connectivity index (χ1) is 10.5. The maximum Gasteiger partial charge on any atom is 0.343 e. The maximum absolute atomic E-state index is 11.7. The molecule has 2 rings (SSSR count). The summed E-state index contributed by atoms with van der Waals surface area (Å²) in [5.74, 6) is 0. The highest BCUT2D eigenvalue weighted by atomic mass is 32.2. The molecule has 1 aromatic heterocycles. The van der Waals surface area contributed by atoms with Crippen molar-refractivity contribution in [2.75, 3.05) is 0 Å². The van der Waals surface area contributed by atoms with Crippen LogP contribution >= 0.6 is 11.8 Å². The molecule has 0 unspecified atom stereocenters. The highest BCUT2D eigenvalue weighted by molar-refractivity contribution is 7.99. The van der Waals surface area contributed by atoms with Crippen LogP contribution in [0.3, 0.4) is 0 Å². The van der Waals surface area contributed by atoms with Gasteiger partial charge in [0.05, 0.1) is 4.92 Å². The second-order valence-corrected chi connectivity index (χ2v) is 6.24. The lowest BCUT2D eigenvalue weighted by Gasteiger charge is -2.11. The molecule has 118 valence electrons. The predicted molar refractivity (Wildman–Crippen MR) is 85.1 cm³/mol. The first-order valence-corrected chi connectivity index (χ1v) is 7.97. The summed E-state index contributed by atoms with van der Waals surface area (Å²) >= 11 is 1.41. The van der Waals surface area contributed by atoms with Crippen molar-refractivity contribution in [2.45, 2.75) is 43.6 Å². The predicted octanol–water partition coefficient (Wildman–Crippen LogP) is 3.13. The number of thioether (sulfide) groups is 1. The zero-order valence-electron chi connectivity index (χ0n) is 12.5. The van der Waals surface area contributed by atoms with Crippen LogP contribution in [0, 0.1) is 10.1 Å². The van der Waals surface area contributed by atoms with Gasteiger partial charge in [0, 0.05) is 23.9 Å². The molecular formula is C14H18N4O3S. The number of nitro groups is 1. The average Bonchev–Trinajstić information content (AvgIpc) is 2.85. The second kappa shape index (κ2) is 7.26. The Balaban J connectivity index is 2.18. The van der Waals surface area contributed by atoms with Crippen molar-refractivity contribution in [2.24, 2.45) is 0 Å². The molecule has 1 atom stereocenters. The molecule has 0 fully saturated rings. The van der Waals surface area contributed by atoms with E-state index >= 15 is 0 Å². The zero-order chi connectivity index (χ0) is 16.1. The number of hydrogen-bond donors (Lipinski definition) is 1. The van der Waals surface area contributed by atoms with Crippen LogP contribution in [0.2, 0.25) is 0 Å². The Hall–Kier alpha value is -2.09. The Morgan fingerprint density at radius 1 is 1.50 bits per heavy atom. The number of nitrogens with one attached hydrogen (secondary N) is 1. The summed E-state index contributed by atoms with van der Waals surface area (Å²) in [6.07, 6.45) is 1.89. The molecule has 8 heteroatoms. The molecule has 0 aliphatic rings. The Kier molecular flexibility index (Phi) is 5.37. The van der Waals surface area contributed by atoms with E-state index in [0.29, 0.717) is 11.7 Å². The molecule has 0 spiro atoms. The number of aromatic nitrogens is 3. The van der Waals surface area contributed by atoms with Crippen molar-refractivity contribution < 1.29 is 4.92 Å². The summed E-state index contributed by atoms with van der Waals surface area (Å²) < 4.78 is 1.61. The molecule has 0 bridgehead atoms. The van der Waals surface area contributed by atoms with Crippen molar-refractivity contribution in [3.8, 4) is 0 Å². The van der Waals surface area contributed by atoms with Gasteiger partial charge in [-0.05, 0) is 18.9 Å². The van der Waals surface area contributed by atoms with Gasteiger partial charge in [-0.25, -0.2) is 9.89 Å². The number of aromatic amines is 1. The van der Waals surface area contributed by atoms with Gasteiger partial charge in [-0.15, -0.1) is 5.10 Å². The average molecular weight is 322 g/mol. The Labute approximate surface area is 131 Å². The lowest BCUT2D eigenvalue weighted by Crippen LogP contribution is -2.17. The molecule has 22 heavy (non-hydrogen) atoms. The summed E-state index contributed by atoms with van der Waals surface area (Å²) in [6, 6.07) is 6.52. The third-order valence-electron chi connectivity index (χ3n) is 3.29. The highest BCUT2D eigenvalue weighted by Crippen LogP contribution is 2.34. The van der Waals surface area contributed by atoms with E-state index < -0.39 is 4.92 Å². The van der Waals surface area contributed by atoms with Crippen LogP contribution in [0.5, 0.6) is 0 Å². The molecule has 1 heterocycles. The molecule has 0 aliphatic carbocycles. The van der Waals surface area contributed by atoms with Crippen molar-refractivity contribution in [1.82, 2.24) is 14.8 Å². The number of nitrogens with zero attached hydrogens (tertiary/aromatic N) is 3. The van der Waals surface area contributed by atoms with Crippen LogP contribution in [0.15, 0.2) is 34.2 Å². The van der Waals surface area contributed by atoms with Crippen LogP contribution in [0.1, 0.15) is 37.5 Å². The maximum atomic E-state index is 11.7. The van der Waals surface area contributed by atoms with E-state index in [2.05, 4.69) is 17.1 Å². The van der Waals surface area contributed by atoms with E-state index in [9.17, 15) is 14.9 Å². The number of rotatable bonds is 7. The lowest BCUT2D eigenvalue weighted by atomic mass is 10.1. The fourth-order valence-electron chi connectivity index (χ4n) is 2.02. The molecule has 1 N–H and O–H groups in total. The fourth-order valence-corrected chi connectivity index (χ4v) is 3.02. The quantitative estimate of drug-likeness (QED) is 0.480. The monoisotopic (exact) mass is 322 g/mol.